The standard InChI is InChI=1S/C15H16N4O3S/c1-8-9(2)14(16-10(3)13(8)20)18-15(23)17-11-4-6-12(7-5-11)19(21)22/h4-7,20H,1-3H3,(H2,16,17,18,23). The SMILES string of the molecule is Cc1nc(NC(=S)Nc2ccc([N+](=O)[O-])cc2)c(C)c(C)c1O. The van der Waals surface area contributed by atoms with E-state index >= 15 is 0 Å². The Morgan fingerprint density at radius 3 is 2.35 bits per heavy atom. The topological polar surface area (TPSA) is 100 Å². The molecule has 2 aromatic rings. The maximum Gasteiger partial charge on any atom is 0.269 e. The van der Waals surface area contributed by atoms with E-state index in [2.05, 4.69) is 15.6 Å². The lowest BCUT2D eigenvalue weighted by molar-refractivity contribution is -0.384. The van der Waals surface area contributed by atoms with Gasteiger partial charge in [-0.3, -0.25) is 10.1 Å². The Morgan fingerprint density at radius 2 is 1.78 bits per heavy atom. The zero-order valence-electron chi connectivity index (χ0n) is 12.9. The molecule has 7 nitrogen and oxygen atoms in total. The Morgan fingerprint density at radius 1 is 1.17 bits per heavy atom. The van der Waals surface area contributed by atoms with E-state index in [1.807, 2.05) is 6.92 Å². The van der Waals surface area contributed by atoms with Gasteiger partial charge < -0.3 is 15.7 Å². The summed E-state index contributed by atoms with van der Waals surface area (Å²) in [5.74, 6) is 0.722. The summed E-state index contributed by atoms with van der Waals surface area (Å²) < 4.78 is 0. The highest BCUT2D eigenvalue weighted by Gasteiger charge is 2.12. The van der Waals surface area contributed by atoms with Crippen LogP contribution in [0, 0.1) is 30.9 Å². The maximum atomic E-state index is 10.6. The molecule has 2 rings (SSSR count). The quantitative estimate of drug-likeness (QED) is 0.450. The fraction of sp³-hybridized carbons (Fsp3) is 0.200. The van der Waals surface area contributed by atoms with Gasteiger partial charge in [-0.2, -0.15) is 0 Å². The van der Waals surface area contributed by atoms with E-state index in [1.165, 1.54) is 12.1 Å². The molecule has 120 valence electrons. The van der Waals surface area contributed by atoms with Gasteiger partial charge in [-0.05, 0) is 56.2 Å². The van der Waals surface area contributed by atoms with Gasteiger partial charge in [0.2, 0.25) is 0 Å². The van der Waals surface area contributed by atoms with Crippen LogP contribution in [-0.4, -0.2) is 20.1 Å². The summed E-state index contributed by atoms with van der Waals surface area (Å²) in [6.45, 7) is 5.34. The highest BCUT2D eigenvalue weighted by Crippen LogP contribution is 2.27. The number of non-ortho nitro benzene ring substituents is 1. The average molecular weight is 332 g/mol. The van der Waals surface area contributed by atoms with Crippen molar-refractivity contribution in [2.24, 2.45) is 0 Å². The molecule has 0 saturated carbocycles. The number of nitrogens with one attached hydrogen (secondary N) is 2. The third-order valence-electron chi connectivity index (χ3n) is 3.46. The third kappa shape index (κ3) is 3.72. The molecular formula is C15H16N4O3S. The summed E-state index contributed by atoms with van der Waals surface area (Å²) in [6, 6.07) is 5.92. The Kier molecular flexibility index (Phi) is 4.75. The molecule has 0 bridgehead atoms. The van der Waals surface area contributed by atoms with Crippen molar-refractivity contribution in [3.63, 3.8) is 0 Å². The lowest BCUT2D eigenvalue weighted by Crippen LogP contribution is -2.21. The number of aryl methyl sites for hydroxylation is 1. The van der Waals surface area contributed by atoms with Crippen LogP contribution >= 0.6 is 12.2 Å². The zero-order chi connectivity index (χ0) is 17.1. The van der Waals surface area contributed by atoms with Gasteiger partial charge in [-0.15, -0.1) is 0 Å². The molecule has 0 aliphatic heterocycles. The van der Waals surface area contributed by atoms with Crippen LogP contribution < -0.4 is 10.6 Å². The number of anilines is 2. The fourth-order valence-corrected chi connectivity index (χ4v) is 2.20. The Hall–Kier alpha value is -2.74. The number of nitro groups is 1. The monoisotopic (exact) mass is 332 g/mol. The first-order chi connectivity index (χ1) is 10.8. The predicted molar refractivity (Wildman–Crippen MR) is 93.1 cm³/mol. The Bertz CT molecular complexity index is 775. The number of hydrogen-bond donors (Lipinski definition) is 3. The van der Waals surface area contributed by atoms with Crippen LogP contribution in [-0.2, 0) is 0 Å². The van der Waals surface area contributed by atoms with Crippen molar-refractivity contribution in [2.75, 3.05) is 10.6 Å². The summed E-state index contributed by atoms with van der Waals surface area (Å²) in [5, 5.41) is 26.7. The smallest absolute Gasteiger partial charge is 0.269 e. The minimum absolute atomic E-state index is 0.0109. The van der Waals surface area contributed by atoms with Crippen molar-refractivity contribution in [3.05, 3.63) is 51.2 Å². The second-order valence-electron chi connectivity index (χ2n) is 5.03. The van der Waals surface area contributed by atoms with Crippen LogP contribution in [0.1, 0.15) is 16.8 Å². The van der Waals surface area contributed by atoms with E-state index in [4.69, 9.17) is 12.2 Å². The number of pyridine rings is 1. The van der Waals surface area contributed by atoms with Crippen molar-refractivity contribution >= 4 is 34.5 Å². The van der Waals surface area contributed by atoms with E-state index in [-0.39, 0.29) is 11.4 Å². The number of nitro benzene ring substituents is 1. The fourth-order valence-electron chi connectivity index (χ4n) is 1.99. The zero-order valence-corrected chi connectivity index (χ0v) is 13.7. The van der Waals surface area contributed by atoms with E-state index in [0.717, 1.165) is 11.1 Å². The van der Waals surface area contributed by atoms with Crippen molar-refractivity contribution in [2.45, 2.75) is 20.8 Å². The van der Waals surface area contributed by atoms with E-state index < -0.39 is 4.92 Å². The molecule has 0 fully saturated rings. The first-order valence-corrected chi connectivity index (χ1v) is 7.19. The molecule has 1 aromatic heterocycles. The van der Waals surface area contributed by atoms with Crippen molar-refractivity contribution < 1.29 is 10.0 Å². The Labute approximate surface area is 138 Å². The summed E-state index contributed by atoms with van der Waals surface area (Å²) in [6.07, 6.45) is 0. The number of aromatic nitrogens is 1. The molecule has 0 atom stereocenters. The van der Waals surface area contributed by atoms with Crippen LogP contribution in [0.2, 0.25) is 0 Å². The predicted octanol–water partition coefficient (Wildman–Crippen LogP) is 3.43. The molecule has 0 saturated heterocycles. The first-order valence-electron chi connectivity index (χ1n) is 6.79. The number of benzene rings is 1. The second-order valence-corrected chi connectivity index (χ2v) is 5.44. The minimum Gasteiger partial charge on any atom is -0.506 e. The Balaban J connectivity index is 2.12. The van der Waals surface area contributed by atoms with E-state index in [9.17, 15) is 15.2 Å². The van der Waals surface area contributed by atoms with Gasteiger partial charge in [-0.25, -0.2) is 4.98 Å². The molecule has 0 aliphatic carbocycles. The molecule has 0 spiro atoms. The lowest BCUT2D eigenvalue weighted by atomic mass is 10.1. The van der Waals surface area contributed by atoms with Gasteiger partial charge in [0.1, 0.15) is 11.6 Å². The number of thiocarbonyl (C=S) groups is 1. The van der Waals surface area contributed by atoms with Crippen molar-refractivity contribution in [1.82, 2.24) is 4.98 Å². The van der Waals surface area contributed by atoms with Gasteiger partial charge in [0.05, 0.1) is 10.6 Å². The maximum absolute atomic E-state index is 10.6. The molecule has 1 heterocycles. The summed E-state index contributed by atoms with van der Waals surface area (Å²) in [5.41, 5.74) is 2.67. The van der Waals surface area contributed by atoms with Gasteiger partial charge in [0.25, 0.3) is 5.69 Å². The van der Waals surface area contributed by atoms with Crippen LogP contribution in [0.15, 0.2) is 24.3 Å². The van der Waals surface area contributed by atoms with Gasteiger partial charge in [0, 0.05) is 17.8 Å². The molecule has 0 aliphatic rings. The van der Waals surface area contributed by atoms with E-state index in [1.54, 1.807) is 26.0 Å². The van der Waals surface area contributed by atoms with Crippen molar-refractivity contribution in [1.29, 1.82) is 0 Å². The highest BCUT2D eigenvalue weighted by molar-refractivity contribution is 7.80. The molecule has 23 heavy (non-hydrogen) atoms. The normalized spacial score (nSPS) is 10.2. The number of nitrogens with zero attached hydrogens (tertiary/aromatic N) is 2. The first kappa shape index (κ1) is 16.6. The highest BCUT2D eigenvalue weighted by atomic mass is 32.1. The molecule has 3 N–H and O–H groups in total. The van der Waals surface area contributed by atoms with Gasteiger partial charge in [0.15, 0.2) is 5.11 Å². The van der Waals surface area contributed by atoms with Gasteiger partial charge in [-0.1, -0.05) is 0 Å². The molecule has 0 unspecified atom stereocenters. The number of hydrogen-bond acceptors (Lipinski definition) is 5. The second kappa shape index (κ2) is 6.57. The average Bonchev–Trinajstić information content (AvgIpc) is 2.51. The van der Waals surface area contributed by atoms with Crippen LogP contribution in [0.3, 0.4) is 0 Å². The molecule has 0 amide bonds. The minimum atomic E-state index is -0.463. The summed E-state index contributed by atoms with van der Waals surface area (Å²) in [7, 11) is 0. The molecule has 0 radical (unpaired) electrons. The third-order valence-corrected chi connectivity index (χ3v) is 3.67. The van der Waals surface area contributed by atoms with Gasteiger partial charge >= 0.3 is 0 Å². The summed E-state index contributed by atoms with van der Waals surface area (Å²) in [4.78, 5) is 14.4. The van der Waals surface area contributed by atoms with Crippen LogP contribution in [0.5, 0.6) is 5.75 Å². The molecule has 8 heteroatoms. The van der Waals surface area contributed by atoms with Crippen LogP contribution in [0.25, 0.3) is 0 Å². The lowest BCUT2D eigenvalue weighted by Gasteiger charge is -2.15. The number of rotatable bonds is 3. The molecule has 1 aromatic carbocycles. The van der Waals surface area contributed by atoms with E-state index in [0.29, 0.717) is 22.3 Å². The number of aromatic hydroxyl groups is 1. The molecular weight excluding hydrogens is 316 g/mol. The largest absolute Gasteiger partial charge is 0.506 e. The van der Waals surface area contributed by atoms with Crippen LogP contribution in [0.4, 0.5) is 17.2 Å². The summed E-state index contributed by atoms with van der Waals surface area (Å²) >= 11 is 5.22. The van der Waals surface area contributed by atoms with Crippen molar-refractivity contribution in [3.8, 4) is 5.75 Å².